The molecule has 1 fully saturated rings. The lowest BCUT2D eigenvalue weighted by Crippen LogP contribution is -2.38. The SMILES string of the molecule is Nc1nnc(CN2CCCC(C(=O)O)C2)s1. The normalized spacial score (nSPS) is 22.1. The van der Waals surface area contributed by atoms with Crippen molar-refractivity contribution < 1.29 is 9.90 Å². The number of carboxylic acids is 1. The summed E-state index contributed by atoms with van der Waals surface area (Å²) in [5.74, 6) is -0.958. The maximum absolute atomic E-state index is 10.9. The van der Waals surface area contributed by atoms with Gasteiger partial charge >= 0.3 is 5.97 Å². The molecule has 0 radical (unpaired) electrons. The highest BCUT2D eigenvalue weighted by Gasteiger charge is 2.25. The van der Waals surface area contributed by atoms with E-state index in [4.69, 9.17) is 10.8 Å². The van der Waals surface area contributed by atoms with Crippen molar-refractivity contribution in [3.63, 3.8) is 0 Å². The van der Waals surface area contributed by atoms with E-state index < -0.39 is 5.97 Å². The molecule has 1 aliphatic heterocycles. The minimum Gasteiger partial charge on any atom is -0.481 e. The first-order valence-corrected chi connectivity index (χ1v) is 6.00. The summed E-state index contributed by atoms with van der Waals surface area (Å²) >= 11 is 1.36. The van der Waals surface area contributed by atoms with Gasteiger partial charge < -0.3 is 10.8 Å². The number of carbonyl (C=O) groups is 1. The molecule has 1 unspecified atom stereocenters. The highest BCUT2D eigenvalue weighted by molar-refractivity contribution is 7.15. The van der Waals surface area contributed by atoms with Crippen molar-refractivity contribution in [2.45, 2.75) is 19.4 Å². The fourth-order valence-electron chi connectivity index (χ4n) is 1.92. The maximum Gasteiger partial charge on any atom is 0.307 e. The second-order valence-electron chi connectivity index (χ2n) is 3.95. The van der Waals surface area contributed by atoms with E-state index in [-0.39, 0.29) is 5.92 Å². The van der Waals surface area contributed by atoms with Gasteiger partial charge in [0.2, 0.25) is 5.13 Å². The molecule has 1 aromatic rings. The molecule has 0 bridgehead atoms. The van der Waals surface area contributed by atoms with Crippen LogP contribution in [0.4, 0.5) is 5.13 Å². The van der Waals surface area contributed by atoms with Gasteiger partial charge in [-0.1, -0.05) is 11.3 Å². The summed E-state index contributed by atoms with van der Waals surface area (Å²) in [6.45, 7) is 2.16. The molecule has 7 heteroatoms. The second kappa shape index (κ2) is 4.75. The van der Waals surface area contributed by atoms with E-state index in [0.717, 1.165) is 24.4 Å². The minimum atomic E-state index is -0.707. The zero-order chi connectivity index (χ0) is 11.5. The number of aliphatic carboxylic acids is 1. The Balaban J connectivity index is 1.92. The van der Waals surface area contributed by atoms with Crippen molar-refractivity contribution in [1.82, 2.24) is 15.1 Å². The lowest BCUT2D eigenvalue weighted by Gasteiger charge is -2.29. The van der Waals surface area contributed by atoms with Crippen LogP contribution < -0.4 is 5.73 Å². The van der Waals surface area contributed by atoms with Crippen molar-refractivity contribution in [3.05, 3.63) is 5.01 Å². The first kappa shape index (κ1) is 11.3. The van der Waals surface area contributed by atoms with E-state index in [1.807, 2.05) is 0 Å². The van der Waals surface area contributed by atoms with Gasteiger partial charge in [-0.15, -0.1) is 10.2 Å². The Kier molecular flexibility index (Phi) is 3.35. The van der Waals surface area contributed by atoms with Crippen LogP contribution in [0.2, 0.25) is 0 Å². The minimum absolute atomic E-state index is 0.251. The van der Waals surface area contributed by atoms with Crippen LogP contribution in [-0.4, -0.2) is 39.3 Å². The quantitative estimate of drug-likeness (QED) is 0.798. The van der Waals surface area contributed by atoms with Crippen LogP contribution in [0.5, 0.6) is 0 Å². The fraction of sp³-hybridized carbons (Fsp3) is 0.667. The van der Waals surface area contributed by atoms with Crippen molar-refractivity contribution in [2.24, 2.45) is 5.92 Å². The largest absolute Gasteiger partial charge is 0.481 e. The highest BCUT2D eigenvalue weighted by Crippen LogP contribution is 2.20. The van der Waals surface area contributed by atoms with Gasteiger partial charge in [0.05, 0.1) is 12.5 Å². The lowest BCUT2D eigenvalue weighted by molar-refractivity contribution is -0.143. The number of rotatable bonds is 3. The molecule has 0 saturated carbocycles. The number of hydrogen-bond acceptors (Lipinski definition) is 6. The van der Waals surface area contributed by atoms with Crippen molar-refractivity contribution in [2.75, 3.05) is 18.8 Å². The van der Waals surface area contributed by atoms with Crippen LogP contribution in [0, 0.1) is 5.92 Å². The van der Waals surface area contributed by atoms with E-state index in [9.17, 15) is 4.79 Å². The Bertz CT molecular complexity index is 381. The third-order valence-electron chi connectivity index (χ3n) is 2.70. The predicted octanol–water partition coefficient (Wildman–Crippen LogP) is 0.417. The Hall–Kier alpha value is -1.21. The second-order valence-corrected chi connectivity index (χ2v) is 5.04. The first-order valence-electron chi connectivity index (χ1n) is 5.18. The van der Waals surface area contributed by atoms with Crippen LogP contribution in [-0.2, 0) is 11.3 Å². The number of nitrogens with zero attached hydrogens (tertiary/aromatic N) is 3. The van der Waals surface area contributed by atoms with Crippen molar-refractivity contribution >= 4 is 22.4 Å². The van der Waals surface area contributed by atoms with Crippen LogP contribution in [0.15, 0.2) is 0 Å². The lowest BCUT2D eigenvalue weighted by atomic mass is 9.98. The molecule has 1 saturated heterocycles. The van der Waals surface area contributed by atoms with Gasteiger partial charge in [-0.2, -0.15) is 0 Å². The van der Waals surface area contributed by atoms with Crippen LogP contribution in [0.1, 0.15) is 17.8 Å². The summed E-state index contributed by atoms with van der Waals surface area (Å²) in [4.78, 5) is 13.0. The molecule has 1 atom stereocenters. The summed E-state index contributed by atoms with van der Waals surface area (Å²) in [5.41, 5.74) is 5.49. The summed E-state index contributed by atoms with van der Waals surface area (Å²) in [7, 11) is 0. The van der Waals surface area contributed by atoms with Gasteiger partial charge in [0.1, 0.15) is 5.01 Å². The van der Waals surface area contributed by atoms with Gasteiger partial charge in [-0.25, -0.2) is 0 Å². The molecule has 0 spiro atoms. The Morgan fingerprint density at radius 3 is 3.06 bits per heavy atom. The van der Waals surface area contributed by atoms with Crippen LogP contribution >= 0.6 is 11.3 Å². The van der Waals surface area contributed by atoms with Gasteiger partial charge in [0.15, 0.2) is 0 Å². The monoisotopic (exact) mass is 242 g/mol. The average molecular weight is 242 g/mol. The molecule has 2 heterocycles. The topological polar surface area (TPSA) is 92.3 Å². The highest BCUT2D eigenvalue weighted by atomic mass is 32.1. The summed E-state index contributed by atoms with van der Waals surface area (Å²) in [6.07, 6.45) is 1.69. The Morgan fingerprint density at radius 2 is 2.44 bits per heavy atom. The fourth-order valence-corrected chi connectivity index (χ4v) is 2.57. The van der Waals surface area contributed by atoms with E-state index in [1.54, 1.807) is 0 Å². The maximum atomic E-state index is 10.9. The van der Waals surface area contributed by atoms with E-state index in [1.165, 1.54) is 11.3 Å². The number of anilines is 1. The van der Waals surface area contributed by atoms with Crippen LogP contribution in [0.3, 0.4) is 0 Å². The molecular formula is C9H14N4O2S. The number of aromatic nitrogens is 2. The summed E-state index contributed by atoms with van der Waals surface area (Å²) in [5, 5.41) is 17.9. The molecule has 16 heavy (non-hydrogen) atoms. The van der Waals surface area contributed by atoms with E-state index in [2.05, 4.69) is 15.1 Å². The summed E-state index contributed by atoms with van der Waals surface area (Å²) in [6, 6.07) is 0. The van der Waals surface area contributed by atoms with E-state index in [0.29, 0.717) is 18.2 Å². The van der Waals surface area contributed by atoms with Crippen molar-refractivity contribution in [1.29, 1.82) is 0 Å². The zero-order valence-electron chi connectivity index (χ0n) is 8.80. The number of nitrogens with two attached hydrogens (primary N) is 1. The van der Waals surface area contributed by atoms with E-state index >= 15 is 0 Å². The Labute approximate surface area is 97.1 Å². The molecule has 3 N–H and O–H groups in total. The number of carboxylic acid groups (broad SMARTS) is 1. The zero-order valence-corrected chi connectivity index (χ0v) is 9.61. The van der Waals surface area contributed by atoms with Gasteiger partial charge in [-0.3, -0.25) is 9.69 Å². The van der Waals surface area contributed by atoms with Gasteiger partial charge in [0.25, 0.3) is 0 Å². The number of piperidine rings is 1. The molecule has 0 amide bonds. The molecule has 1 aliphatic rings. The number of hydrogen-bond donors (Lipinski definition) is 2. The Morgan fingerprint density at radius 1 is 1.62 bits per heavy atom. The first-order chi connectivity index (χ1) is 7.65. The van der Waals surface area contributed by atoms with Crippen LogP contribution in [0.25, 0.3) is 0 Å². The number of nitrogen functional groups attached to an aromatic ring is 1. The molecule has 0 aliphatic carbocycles. The van der Waals surface area contributed by atoms with Crippen molar-refractivity contribution in [3.8, 4) is 0 Å². The smallest absolute Gasteiger partial charge is 0.307 e. The average Bonchev–Trinajstić information content (AvgIpc) is 2.64. The molecule has 6 nitrogen and oxygen atoms in total. The molecule has 0 aromatic carbocycles. The molecule has 1 aromatic heterocycles. The van der Waals surface area contributed by atoms with Gasteiger partial charge in [-0.05, 0) is 19.4 Å². The molecular weight excluding hydrogens is 228 g/mol. The molecule has 88 valence electrons. The standard InChI is InChI=1S/C9H14N4O2S/c10-9-12-11-7(16-9)5-13-3-1-2-6(4-13)8(14)15/h6H,1-5H2,(H2,10,12)(H,14,15). The van der Waals surface area contributed by atoms with Gasteiger partial charge in [0, 0.05) is 6.54 Å². The third kappa shape index (κ3) is 2.67. The molecule has 2 rings (SSSR count). The predicted molar refractivity (Wildman–Crippen MR) is 60.0 cm³/mol. The third-order valence-corrected chi connectivity index (χ3v) is 3.43. The number of likely N-dealkylation sites (tertiary alicyclic amines) is 1. The summed E-state index contributed by atoms with van der Waals surface area (Å²) < 4.78 is 0.